The predicted molar refractivity (Wildman–Crippen MR) is 68.1 cm³/mol. The first-order chi connectivity index (χ1) is 8.66. The van der Waals surface area contributed by atoms with E-state index in [1.54, 1.807) is 12.1 Å². The number of ketones is 1. The van der Waals surface area contributed by atoms with Crippen molar-refractivity contribution in [1.29, 1.82) is 0 Å². The topological polar surface area (TPSA) is 43.4 Å². The summed E-state index contributed by atoms with van der Waals surface area (Å²) in [5, 5.41) is -0.994. The minimum atomic E-state index is -0.994. The third kappa shape index (κ3) is 2.96. The molecule has 0 N–H and O–H groups in total. The van der Waals surface area contributed by atoms with Gasteiger partial charge in [0, 0.05) is 5.56 Å². The van der Waals surface area contributed by atoms with Crippen molar-refractivity contribution in [1.82, 2.24) is 0 Å². The molecule has 0 aliphatic rings. The molecule has 2 rings (SSSR count). The van der Waals surface area contributed by atoms with Gasteiger partial charge in [0.2, 0.25) is 5.78 Å². The quantitative estimate of drug-likeness (QED) is 0.481. The summed E-state index contributed by atoms with van der Waals surface area (Å²) in [6.45, 7) is 0. The molecule has 0 radical (unpaired) electrons. The number of benzene rings is 2. The van der Waals surface area contributed by atoms with Crippen molar-refractivity contribution in [2.75, 3.05) is 0 Å². The molecule has 0 saturated heterocycles. The van der Waals surface area contributed by atoms with Gasteiger partial charge in [-0.25, -0.2) is 0 Å². The first kappa shape index (κ1) is 12.3. The molecular formula is C14H9ClO3. The Labute approximate surface area is 109 Å². The van der Waals surface area contributed by atoms with Gasteiger partial charge in [0.25, 0.3) is 5.24 Å². The van der Waals surface area contributed by atoms with Crippen LogP contribution < -0.4 is 4.74 Å². The molecule has 0 unspecified atom stereocenters. The van der Waals surface area contributed by atoms with Crippen LogP contribution in [0.5, 0.6) is 11.5 Å². The van der Waals surface area contributed by atoms with Crippen LogP contribution in [0.2, 0.25) is 0 Å². The van der Waals surface area contributed by atoms with Crippen LogP contribution >= 0.6 is 11.6 Å². The van der Waals surface area contributed by atoms with Crippen molar-refractivity contribution in [3.05, 3.63) is 60.2 Å². The first-order valence-corrected chi connectivity index (χ1v) is 5.62. The summed E-state index contributed by atoms with van der Waals surface area (Å²) >= 11 is 5.11. The maximum absolute atomic E-state index is 11.3. The van der Waals surface area contributed by atoms with E-state index >= 15 is 0 Å². The smallest absolute Gasteiger partial charge is 0.293 e. The number of rotatable bonds is 4. The molecule has 0 fully saturated rings. The molecule has 2 aromatic carbocycles. The molecule has 90 valence electrons. The zero-order chi connectivity index (χ0) is 13.0. The fourth-order valence-electron chi connectivity index (χ4n) is 1.41. The van der Waals surface area contributed by atoms with Crippen LogP contribution in [-0.2, 0) is 4.79 Å². The Morgan fingerprint density at radius 3 is 1.94 bits per heavy atom. The Kier molecular flexibility index (Phi) is 3.75. The summed E-state index contributed by atoms with van der Waals surface area (Å²) in [5.41, 5.74) is 0.246. The van der Waals surface area contributed by atoms with Gasteiger partial charge < -0.3 is 4.74 Å². The second-order valence-electron chi connectivity index (χ2n) is 3.54. The van der Waals surface area contributed by atoms with E-state index in [9.17, 15) is 9.59 Å². The van der Waals surface area contributed by atoms with Gasteiger partial charge in [0.1, 0.15) is 11.5 Å². The van der Waals surface area contributed by atoms with Gasteiger partial charge in [-0.3, -0.25) is 9.59 Å². The molecule has 0 heterocycles. The Bertz CT molecular complexity index is 561. The zero-order valence-electron chi connectivity index (χ0n) is 9.30. The van der Waals surface area contributed by atoms with E-state index < -0.39 is 11.0 Å². The first-order valence-electron chi connectivity index (χ1n) is 5.24. The number of Topliss-reactive ketones (excluding diaryl/α,β-unsaturated/α-hetero) is 1. The average molecular weight is 261 g/mol. The molecule has 4 heteroatoms. The normalized spacial score (nSPS) is 9.83. The highest BCUT2D eigenvalue weighted by Crippen LogP contribution is 2.21. The number of ether oxygens (including phenoxy) is 1. The minimum Gasteiger partial charge on any atom is -0.457 e. The Hall–Kier alpha value is -2.13. The van der Waals surface area contributed by atoms with Gasteiger partial charge in [-0.1, -0.05) is 18.2 Å². The number of para-hydroxylation sites is 1. The maximum Gasteiger partial charge on any atom is 0.293 e. The van der Waals surface area contributed by atoms with Gasteiger partial charge in [0.05, 0.1) is 0 Å². The monoisotopic (exact) mass is 260 g/mol. The van der Waals surface area contributed by atoms with E-state index in [4.69, 9.17) is 16.3 Å². The number of hydrogen-bond donors (Lipinski definition) is 0. The van der Waals surface area contributed by atoms with Crippen molar-refractivity contribution >= 4 is 22.6 Å². The molecule has 0 aliphatic heterocycles. The lowest BCUT2D eigenvalue weighted by atomic mass is 10.1. The van der Waals surface area contributed by atoms with Gasteiger partial charge in [0.15, 0.2) is 0 Å². The predicted octanol–water partition coefficient (Wildman–Crippen LogP) is 3.43. The summed E-state index contributed by atoms with van der Waals surface area (Å²) in [6, 6.07) is 15.5. The summed E-state index contributed by atoms with van der Waals surface area (Å²) in [5.74, 6) is 0.563. The molecule has 0 spiro atoms. The van der Waals surface area contributed by atoms with E-state index in [1.807, 2.05) is 30.3 Å². The number of halogens is 1. The average Bonchev–Trinajstić information content (AvgIpc) is 2.40. The van der Waals surface area contributed by atoms with Crippen molar-refractivity contribution in [2.24, 2.45) is 0 Å². The van der Waals surface area contributed by atoms with Crippen LogP contribution in [0.25, 0.3) is 0 Å². The molecule has 0 aromatic heterocycles. The standard InChI is InChI=1S/C14H9ClO3/c15-14(17)13(16)10-6-8-12(9-7-10)18-11-4-2-1-3-5-11/h1-9H. The molecule has 0 bridgehead atoms. The highest BCUT2D eigenvalue weighted by molar-refractivity contribution is 6.83. The van der Waals surface area contributed by atoms with Gasteiger partial charge in [-0.15, -0.1) is 0 Å². The Morgan fingerprint density at radius 2 is 1.39 bits per heavy atom. The lowest BCUT2D eigenvalue weighted by Crippen LogP contribution is -2.06. The molecule has 0 aliphatic carbocycles. The van der Waals surface area contributed by atoms with Crippen molar-refractivity contribution < 1.29 is 14.3 Å². The van der Waals surface area contributed by atoms with Crippen LogP contribution in [0, 0.1) is 0 Å². The van der Waals surface area contributed by atoms with E-state index in [2.05, 4.69) is 0 Å². The molecule has 18 heavy (non-hydrogen) atoms. The maximum atomic E-state index is 11.3. The lowest BCUT2D eigenvalue weighted by molar-refractivity contribution is -0.108. The second-order valence-corrected chi connectivity index (χ2v) is 3.89. The van der Waals surface area contributed by atoms with E-state index in [-0.39, 0.29) is 5.56 Å². The minimum absolute atomic E-state index is 0.246. The fraction of sp³-hybridized carbons (Fsp3) is 0. The highest BCUT2D eigenvalue weighted by Gasteiger charge is 2.12. The number of carbonyl (C=O) groups excluding carboxylic acids is 2. The number of hydrogen-bond acceptors (Lipinski definition) is 3. The van der Waals surface area contributed by atoms with Crippen molar-refractivity contribution in [3.8, 4) is 11.5 Å². The van der Waals surface area contributed by atoms with Gasteiger partial charge >= 0.3 is 0 Å². The summed E-state index contributed by atoms with van der Waals surface area (Å²) < 4.78 is 5.54. The molecule has 3 nitrogen and oxygen atoms in total. The summed E-state index contributed by atoms with van der Waals surface area (Å²) in [7, 11) is 0. The molecule has 0 atom stereocenters. The Balaban J connectivity index is 2.13. The second kappa shape index (κ2) is 5.47. The molecule has 0 amide bonds. The van der Waals surface area contributed by atoms with E-state index in [0.717, 1.165) is 0 Å². The van der Waals surface area contributed by atoms with Gasteiger partial charge in [-0.2, -0.15) is 0 Å². The van der Waals surface area contributed by atoms with Crippen LogP contribution in [0.3, 0.4) is 0 Å². The van der Waals surface area contributed by atoms with Gasteiger partial charge in [-0.05, 0) is 48.0 Å². The van der Waals surface area contributed by atoms with Crippen LogP contribution in [0.4, 0.5) is 0 Å². The largest absolute Gasteiger partial charge is 0.457 e. The molecule has 2 aromatic rings. The molecule has 0 saturated carbocycles. The molecular weight excluding hydrogens is 252 g/mol. The Morgan fingerprint density at radius 1 is 0.833 bits per heavy atom. The summed E-state index contributed by atoms with van der Waals surface area (Å²) in [4.78, 5) is 22.0. The number of carbonyl (C=O) groups is 2. The van der Waals surface area contributed by atoms with E-state index in [0.29, 0.717) is 11.5 Å². The van der Waals surface area contributed by atoms with Crippen LogP contribution in [0.1, 0.15) is 10.4 Å². The fourth-order valence-corrected chi connectivity index (χ4v) is 1.52. The zero-order valence-corrected chi connectivity index (χ0v) is 10.1. The SMILES string of the molecule is O=C(Cl)C(=O)c1ccc(Oc2ccccc2)cc1. The van der Waals surface area contributed by atoms with Crippen molar-refractivity contribution in [3.63, 3.8) is 0 Å². The lowest BCUT2D eigenvalue weighted by Gasteiger charge is -2.05. The van der Waals surface area contributed by atoms with Crippen LogP contribution in [-0.4, -0.2) is 11.0 Å². The highest BCUT2D eigenvalue weighted by atomic mass is 35.5. The third-order valence-corrected chi connectivity index (χ3v) is 2.45. The summed E-state index contributed by atoms with van der Waals surface area (Å²) in [6.07, 6.45) is 0. The van der Waals surface area contributed by atoms with Crippen LogP contribution in [0.15, 0.2) is 54.6 Å². The van der Waals surface area contributed by atoms with Crippen molar-refractivity contribution in [2.45, 2.75) is 0 Å². The van der Waals surface area contributed by atoms with E-state index in [1.165, 1.54) is 12.1 Å². The third-order valence-electron chi connectivity index (χ3n) is 2.27.